The van der Waals surface area contributed by atoms with Crippen molar-refractivity contribution in [1.29, 1.82) is 0 Å². The van der Waals surface area contributed by atoms with E-state index in [-0.39, 0.29) is 0 Å². The summed E-state index contributed by atoms with van der Waals surface area (Å²) in [7, 11) is 1.66. The van der Waals surface area contributed by atoms with Crippen LogP contribution in [0.4, 0.5) is 0 Å². The second kappa shape index (κ2) is 10.4. The van der Waals surface area contributed by atoms with Crippen LogP contribution in [-0.4, -0.2) is 43.1 Å². The number of hydrogen-bond donors (Lipinski definition) is 0. The van der Waals surface area contributed by atoms with Gasteiger partial charge in [0.15, 0.2) is 0 Å². The number of hydrogen-bond acceptors (Lipinski definition) is 4. The van der Waals surface area contributed by atoms with Gasteiger partial charge in [-0.15, -0.1) is 0 Å². The molecule has 2 aromatic rings. The number of aryl methyl sites for hydroxylation is 2. The van der Waals surface area contributed by atoms with Gasteiger partial charge in [-0.1, -0.05) is 23.7 Å². The minimum atomic E-state index is 0.487. The molecule has 0 radical (unpaired) electrons. The first-order chi connectivity index (χ1) is 11.3. The SMILES string of the molecule is COCCOCCOCc1nccn1CCc1ccc(Cl)cc1. The summed E-state index contributed by atoms with van der Waals surface area (Å²) in [6.45, 7) is 3.67. The number of aromatic nitrogens is 2. The maximum atomic E-state index is 5.90. The minimum absolute atomic E-state index is 0.487. The quantitative estimate of drug-likeness (QED) is 0.591. The lowest BCUT2D eigenvalue weighted by Crippen LogP contribution is -2.11. The van der Waals surface area contributed by atoms with Crippen molar-refractivity contribution in [2.45, 2.75) is 19.6 Å². The fraction of sp³-hybridized carbons (Fsp3) is 0.471. The van der Waals surface area contributed by atoms with Crippen molar-refractivity contribution in [1.82, 2.24) is 9.55 Å². The molecule has 126 valence electrons. The number of halogens is 1. The van der Waals surface area contributed by atoms with Crippen molar-refractivity contribution < 1.29 is 14.2 Å². The summed E-state index contributed by atoms with van der Waals surface area (Å²) in [5.41, 5.74) is 1.25. The molecule has 0 N–H and O–H groups in total. The van der Waals surface area contributed by atoms with E-state index in [1.54, 1.807) is 13.3 Å². The van der Waals surface area contributed by atoms with E-state index in [2.05, 4.69) is 9.55 Å². The Morgan fingerprint density at radius 3 is 2.57 bits per heavy atom. The third kappa shape index (κ3) is 6.71. The molecule has 1 aromatic heterocycles. The number of methoxy groups -OCH3 is 1. The highest BCUT2D eigenvalue weighted by Gasteiger charge is 2.03. The largest absolute Gasteiger partial charge is 0.382 e. The summed E-state index contributed by atoms with van der Waals surface area (Å²) in [4.78, 5) is 4.35. The van der Waals surface area contributed by atoms with Crippen LogP contribution in [0.1, 0.15) is 11.4 Å². The van der Waals surface area contributed by atoms with Gasteiger partial charge in [0.2, 0.25) is 0 Å². The lowest BCUT2D eigenvalue weighted by molar-refractivity contribution is 0.0178. The lowest BCUT2D eigenvalue weighted by atomic mass is 10.1. The van der Waals surface area contributed by atoms with Gasteiger partial charge in [0, 0.05) is 31.1 Å². The number of ether oxygens (including phenoxy) is 3. The first-order valence-electron chi connectivity index (χ1n) is 7.68. The fourth-order valence-corrected chi connectivity index (χ4v) is 2.24. The Morgan fingerprint density at radius 1 is 1.04 bits per heavy atom. The van der Waals surface area contributed by atoms with Crippen molar-refractivity contribution in [3.8, 4) is 0 Å². The van der Waals surface area contributed by atoms with Crippen molar-refractivity contribution in [2.75, 3.05) is 33.5 Å². The molecule has 2 rings (SSSR count). The zero-order valence-electron chi connectivity index (χ0n) is 13.4. The van der Waals surface area contributed by atoms with Gasteiger partial charge in [0.05, 0.1) is 26.4 Å². The van der Waals surface area contributed by atoms with Crippen LogP contribution in [0.5, 0.6) is 0 Å². The molecule has 0 atom stereocenters. The van der Waals surface area contributed by atoms with Crippen LogP contribution in [0, 0.1) is 0 Å². The maximum Gasteiger partial charge on any atom is 0.134 e. The first kappa shape index (κ1) is 17.9. The predicted octanol–water partition coefficient (Wildman–Crippen LogP) is 2.96. The first-order valence-corrected chi connectivity index (χ1v) is 8.06. The molecule has 0 aliphatic heterocycles. The van der Waals surface area contributed by atoms with Crippen LogP contribution >= 0.6 is 11.6 Å². The molecule has 0 amide bonds. The zero-order valence-corrected chi connectivity index (χ0v) is 14.2. The molecule has 0 saturated carbocycles. The molecule has 0 fully saturated rings. The maximum absolute atomic E-state index is 5.90. The van der Waals surface area contributed by atoms with Crippen molar-refractivity contribution in [2.24, 2.45) is 0 Å². The Balaban J connectivity index is 1.68. The van der Waals surface area contributed by atoms with Crippen LogP contribution in [0.3, 0.4) is 0 Å². The third-order valence-corrected chi connectivity index (χ3v) is 3.64. The highest BCUT2D eigenvalue weighted by molar-refractivity contribution is 6.30. The van der Waals surface area contributed by atoms with Crippen LogP contribution < -0.4 is 0 Å². The van der Waals surface area contributed by atoms with E-state index < -0.39 is 0 Å². The fourth-order valence-electron chi connectivity index (χ4n) is 2.11. The number of imidazole rings is 1. The normalized spacial score (nSPS) is 11.0. The molecule has 0 aliphatic carbocycles. The molecule has 6 heteroatoms. The number of nitrogens with zero attached hydrogens (tertiary/aromatic N) is 2. The second-order valence-electron chi connectivity index (χ2n) is 5.07. The summed E-state index contributed by atoms with van der Waals surface area (Å²) < 4.78 is 18.0. The Hall–Kier alpha value is -1.40. The van der Waals surface area contributed by atoms with Crippen LogP contribution in [0.25, 0.3) is 0 Å². The van der Waals surface area contributed by atoms with Crippen molar-refractivity contribution in [3.05, 3.63) is 53.1 Å². The van der Waals surface area contributed by atoms with E-state index in [1.165, 1.54) is 5.56 Å². The molecule has 1 heterocycles. The topological polar surface area (TPSA) is 45.5 Å². The second-order valence-corrected chi connectivity index (χ2v) is 5.51. The molecule has 5 nitrogen and oxygen atoms in total. The van der Waals surface area contributed by atoms with Crippen LogP contribution in [0.15, 0.2) is 36.7 Å². The smallest absolute Gasteiger partial charge is 0.134 e. The highest BCUT2D eigenvalue weighted by atomic mass is 35.5. The average molecular weight is 339 g/mol. The van der Waals surface area contributed by atoms with Gasteiger partial charge in [0.25, 0.3) is 0 Å². The van der Waals surface area contributed by atoms with E-state index in [4.69, 9.17) is 25.8 Å². The van der Waals surface area contributed by atoms with E-state index in [1.807, 2.05) is 30.5 Å². The van der Waals surface area contributed by atoms with Gasteiger partial charge >= 0.3 is 0 Å². The summed E-state index contributed by atoms with van der Waals surface area (Å²) in [6, 6.07) is 7.93. The Morgan fingerprint density at radius 2 is 1.78 bits per heavy atom. The molecule has 1 aromatic carbocycles. The molecule has 0 unspecified atom stereocenters. The summed E-state index contributed by atoms with van der Waals surface area (Å²) >= 11 is 5.90. The summed E-state index contributed by atoms with van der Waals surface area (Å²) in [6.07, 6.45) is 4.71. The molecule has 0 aliphatic rings. The molecule has 0 spiro atoms. The zero-order chi connectivity index (χ0) is 16.3. The van der Waals surface area contributed by atoms with Gasteiger partial charge in [-0.25, -0.2) is 4.98 Å². The molecule has 0 bridgehead atoms. The molecule has 0 saturated heterocycles. The van der Waals surface area contributed by atoms with Gasteiger partial charge < -0.3 is 18.8 Å². The summed E-state index contributed by atoms with van der Waals surface area (Å²) in [5.74, 6) is 0.927. The Kier molecular flexibility index (Phi) is 8.11. The third-order valence-electron chi connectivity index (χ3n) is 3.39. The standard InChI is InChI=1S/C17H23ClN2O3/c1-21-10-11-22-12-13-23-14-17-19-7-9-20(17)8-6-15-2-4-16(18)5-3-15/h2-5,7,9H,6,8,10-14H2,1H3. The van der Waals surface area contributed by atoms with Gasteiger partial charge in [-0.2, -0.15) is 0 Å². The van der Waals surface area contributed by atoms with Gasteiger partial charge in [-0.3, -0.25) is 0 Å². The van der Waals surface area contributed by atoms with Crippen molar-refractivity contribution in [3.63, 3.8) is 0 Å². The lowest BCUT2D eigenvalue weighted by Gasteiger charge is -2.09. The Labute approximate surface area is 142 Å². The molecule has 23 heavy (non-hydrogen) atoms. The van der Waals surface area contributed by atoms with Crippen LogP contribution in [0.2, 0.25) is 5.02 Å². The minimum Gasteiger partial charge on any atom is -0.382 e. The predicted molar refractivity (Wildman–Crippen MR) is 89.7 cm³/mol. The summed E-state index contributed by atoms with van der Waals surface area (Å²) in [5, 5.41) is 0.762. The van der Waals surface area contributed by atoms with E-state index in [0.717, 1.165) is 23.8 Å². The number of benzene rings is 1. The monoisotopic (exact) mass is 338 g/mol. The molecular formula is C17H23ClN2O3. The van der Waals surface area contributed by atoms with E-state index in [0.29, 0.717) is 33.0 Å². The van der Waals surface area contributed by atoms with Gasteiger partial charge in [0.1, 0.15) is 12.4 Å². The number of rotatable bonds is 11. The van der Waals surface area contributed by atoms with Gasteiger partial charge in [-0.05, 0) is 24.1 Å². The van der Waals surface area contributed by atoms with Crippen LogP contribution in [-0.2, 0) is 33.8 Å². The van der Waals surface area contributed by atoms with E-state index >= 15 is 0 Å². The average Bonchev–Trinajstić information content (AvgIpc) is 3.01. The van der Waals surface area contributed by atoms with Crippen molar-refractivity contribution >= 4 is 11.6 Å². The Bertz CT molecular complexity index is 557. The molecular weight excluding hydrogens is 316 g/mol. The highest BCUT2D eigenvalue weighted by Crippen LogP contribution is 2.11. The van der Waals surface area contributed by atoms with E-state index in [9.17, 15) is 0 Å².